The van der Waals surface area contributed by atoms with Gasteiger partial charge in [-0.05, 0) is 45.4 Å². The number of carbonyl (C=O) groups excluding carboxylic acids is 3. The molecule has 4 atom stereocenters. The lowest BCUT2D eigenvalue weighted by Crippen LogP contribution is -2.68. The predicted molar refractivity (Wildman–Crippen MR) is 124 cm³/mol. The Morgan fingerprint density at radius 1 is 1.26 bits per heavy atom. The zero-order valence-corrected chi connectivity index (χ0v) is 20.6. The number of nitrogens with two attached hydrogens (primary N) is 1. The minimum Gasteiger partial charge on any atom is -0.440 e. The van der Waals surface area contributed by atoms with Gasteiger partial charge in [0.25, 0.3) is 0 Å². The van der Waals surface area contributed by atoms with Crippen LogP contribution in [0.3, 0.4) is 0 Å². The van der Waals surface area contributed by atoms with E-state index >= 15 is 0 Å². The van der Waals surface area contributed by atoms with Crippen molar-refractivity contribution in [2.45, 2.75) is 69.6 Å². The van der Waals surface area contributed by atoms with Crippen LogP contribution in [0.25, 0.3) is 0 Å². The molecule has 2 aliphatic rings. The highest BCUT2D eigenvalue weighted by Gasteiger charge is 2.63. The first-order valence-electron chi connectivity index (χ1n) is 11.0. The number of β-lactam (4-membered cyclic amide) rings is 1. The minimum atomic E-state index is -0.865. The summed E-state index contributed by atoms with van der Waals surface area (Å²) in [4.78, 5) is 40.6. The van der Waals surface area contributed by atoms with Gasteiger partial charge >= 0.3 is 5.97 Å². The van der Waals surface area contributed by atoms with Crippen molar-refractivity contribution in [2.24, 2.45) is 11.1 Å². The summed E-state index contributed by atoms with van der Waals surface area (Å²) in [6, 6.07) is 7.02. The van der Waals surface area contributed by atoms with Crippen LogP contribution in [0.15, 0.2) is 30.3 Å². The van der Waals surface area contributed by atoms with Crippen molar-refractivity contribution in [1.82, 2.24) is 30.4 Å². The van der Waals surface area contributed by atoms with E-state index < -0.39 is 34.2 Å². The Hall–Kier alpha value is -2.99. The maximum absolute atomic E-state index is 13.0. The Morgan fingerprint density at radius 3 is 2.59 bits per heavy atom. The number of fused-ring (bicyclic) bond motifs is 1. The summed E-state index contributed by atoms with van der Waals surface area (Å²) >= 11 is 1.56. The maximum Gasteiger partial charge on any atom is 0.313 e. The third-order valence-corrected chi connectivity index (χ3v) is 7.39. The number of aromatic nitrogens is 4. The van der Waals surface area contributed by atoms with Gasteiger partial charge in [-0.15, -0.1) is 26.8 Å². The van der Waals surface area contributed by atoms with Crippen LogP contribution in [0.1, 0.15) is 58.1 Å². The number of carbonyl (C=O) groups is 3. The van der Waals surface area contributed by atoms with Crippen LogP contribution in [-0.2, 0) is 25.9 Å². The summed E-state index contributed by atoms with van der Waals surface area (Å²) in [6.07, 6.45) is 0. The van der Waals surface area contributed by atoms with Gasteiger partial charge in [0.15, 0.2) is 5.82 Å². The first-order chi connectivity index (χ1) is 15.9. The zero-order chi connectivity index (χ0) is 24.8. The topological polar surface area (TPSA) is 145 Å². The molecule has 182 valence electrons. The number of nitrogens with one attached hydrogen (secondary N) is 1. The summed E-state index contributed by atoms with van der Waals surface area (Å²) in [6.45, 7) is 9.07. The first-order valence-corrected chi connectivity index (χ1v) is 11.8. The third-order valence-electron chi connectivity index (χ3n) is 5.82. The number of hydrogen-bond acceptors (Lipinski definition) is 9. The van der Waals surface area contributed by atoms with E-state index in [-0.39, 0.29) is 24.0 Å². The van der Waals surface area contributed by atoms with Gasteiger partial charge in [-0.2, -0.15) is 0 Å². The van der Waals surface area contributed by atoms with Crippen LogP contribution in [0.5, 0.6) is 0 Å². The molecule has 0 bridgehead atoms. The molecule has 0 spiro atoms. The number of esters is 1. The molecular formula is C22H29N7O4S. The molecule has 0 aliphatic carbocycles. The number of ether oxygens (including phenoxy) is 1. The summed E-state index contributed by atoms with van der Waals surface area (Å²) < 4.78 is 4.80. The number of thioether (sulfide) groups is 1. The summed E-state index contributed by atoms with van der Waals surface area (Å²) in [7, 11) is 0. The lowest BCUT2D eigenvalue weighted by Gasteiger charge is -2.44. The van der Waals surface area contributed by atoms with Crippen molar-refractivity contribution in [3.63, 3.8) is 0 Å². The van der Waals surface area contributed by atoms with Crippen LogP contribution in [-0.4, -0.2) is 59.1 Å². The summed E-state index contributed by atoms with van der Waals surface area (Å²) in [5, 5.41) is 15.0. The molecule has 2 amide bonds. The minimum absolute atomic E-state index is 0.170. The lowest BCUT2D eigenvalue weighted by atomic mass is 9.95. The second-order valence-electron chi connectivity index (χ2n) is 9.97. The third kappa shape index (κ3) is 4.39. The fourth-order valence-corrected chi connectivity index (χ4v) is 5.60. The molecule has 0 saturated carbocycles. The van der Waals surface area contributed by atoms with Crippen molar-refractivity contribution in [3.05, 3.63) is 41.7 Å². The van der Waals surface area contributed by atoms with E-state index in [0.717, 1.165) is 0 Å². The molecule has 1 aromatic carbocycles. The number of nitrogens with zero attached hydrogens (tertiary/aromatic N) is 5. The number of tetrazole rings is 1. The van der Waals surface area contributed by atoms with Crippen molar-refractivity contribution >= 4 is 29.5 Å². The monoisotopic (exact) mass is 487 g/mol. The molecule has 34 heavy (non-hydrogen) atoms. The molecule has 3 unspecified atom stereocenters. The highest BCUT2D eigenvalue weighted by atomic mass is 32.2. The molecular weight excluding hydrogens is 458 g/mol. The van der Waals surface area contributed by atoms with Gasteiger partial charge in [-0.3, -0.25) is 14.4 Å². The normalized spacial score (nSPS) is 24.2. The molecule has 1 aromatic heterocycles. The van der Waals surface area contributed by atoms with E-state index in [1.807, 2.05) is 32.0 Å². The Kier molecular flexibility index (Phi) is 6.15. The Labute approximate surface area is 201 Å². The molecule has 2 aromatic rings. The van der Waals surface area contributed by atoms with Gasteiger partial charge in [-0.1, -0.05) is 30.3 Å². The van der Waals surface area contributed by atoms with Crippen molar-refractivity contribution in [1.29, 1.82) is 0 Å². The van der Waals surface area contributed by atoms with E-state index in [2.05, 4.69) is 20.7 Å². The van der Waals surface area contributed by atoms with Crippen molar-refractivity contribution in [3.8, 4) is 0 Å². The van der Waals surface area contributed by atoms with E-state index in [9.17, 15) is 14.4 Å². The quantitative estimate of drug-likeness (QED) is 0.452. The Morgan fingerprint density at radius 2 is 1.94 bits per heavy atom. The van der Waals surface area contributed by atoms with E-state index in [1.165, 1.54) is 4.80 Å². The molecule has 2 saturated heterocycles. The smallest absolute Gasteiger partial charge is 0.313 e. The first kappa shape index (κ1) is 24.1. The molecule has 12 heteroatoms. The van der Waals surface area contributed by atoms with Crippen LogP contribution < -0.4 is 11.1 Å². The van der Waals surface area contributed by atoms with E-state index in [1.54, 1.807) is 49.6 Å². The SMILES string of the molecule is CC(C)(C)C(=O)OCn1nnc(C2N3C(=O)C(NC(=O)C(N)c4ccccc4)[C@H]3SC2(C)C)n1. The lowest BCUT2D eigenvalue weighted by molar-refractivity contribution is -0.158. The zero-order valence-electron chi connectivity index (χ0n) is 19.8. The Balaban J connectivity index is 1.43. The van der Waals surface area contributed by atoms with Crippen molar-refractivity contribution < 1.29 is 19.1 Å². The maximum atomic E-state index is 13.0. The summed E-state index contributed by atoms with van der Waals surface area (Å²) in [5.41, 5.74) is 6.12. The second-order valence-corrected chi connectivity index (χ2v) is 11.7. The standard InChI is InChI=1S/C22H29N7O4S/c1-21(2,3)20(32)33-11-28-26-16(25-27-28)15-22(4,5)34-19-14(18(31)29(15)19)24-17(30)13(23)12-9-7-6-8-10-12/h6-10,13-15,19H,11,23H2,1-5H3,(H,24,30)/t13?,14?,15?,19-/m1/s1. The van der Waals surface area contributed by atoms with Crippen LogP contribution >= 0.6 is 11.8 Å². The second kappa shape index (κ2) is 8.66. The summed E-state index contributed by atoms with van der Waals surface area (Å²) in [5.74, 6) is -0.660. The number of amides is 2. The van der Waals surface area contributed by atoms with Crippen molar-refractivity contribution in [2.75, 3.05) is 0 Å². The van der Waals surface area contributed by atoms with Gasteiger partial charge < -0.3 is 20.7 Å². The fourth-order valence-electron chi connectivity index (χ4n) is 3.97. The highest BCUT2D eigenvalue weighted by Crippen LogP contribution is 2.56. The molecule has 11 nitrogen and oxygen atoms in total. The fraction of sp³-hybridized carbons (Fsp3) is 0.545. The van der Waals surface area contributed by atoms with Crippen LogP contribution in [0, 0.1) is 5.41 Å². The van der Waals surface area contributed by atoms with Crippen LogP contribution in [0.4, 0.5) is 0 Å². The number of benzene rings is 1. The molecule has 2 aliphatic heterocycles. The number of hydrogen-bond donors (Lipinski definition) is 2. The average Bonchev–Trinajstić information content (AvgIpc) is 3.34. The van der Waals surface area contributed by atoms with E-state index in [4.69, 9.17) is 10.5 Å². The molecule has 3 heterocycles. The van der Waals surface area contributed by atoms with Gasteiger partial charge in [0, 0.05) is 4.75 Å². The predicted octanol–water partition coefficient (Wildman–Crippen LogP) is 1.14. The van der Waals surface area contributed by atoms with Gasteiger partial charge in [-0.25, -0.2) is 0 Å². The van der Waals surface area contributed by atoms with E-state index in [0.29, 0.717) is 11.4 Å². The Bertz CT molecular complexity index is 1100. The van der Waals surface area contributed by atoms with Gasteiger partial charge in [0.2, 0.25) is 18.5 Å². The molecule has 0 radical (unpaired) electrons. The molecule has 2 fully saturated rings. The van der Waals surface area contributed by atoms with Crippen LogP contribution in [0.2, 0.25) is 0 Å². The largest absolute Gasteiger partial charge is 0.440 e. The van der Waals surface area contributed by atoms with Gasteiger partial charge in [0.05, 0.1) is 5.41 Å². The number of rotatable bonds is 6. The average molecular weight is 488 g/mol. The highest BCUT2D eigenvalue weighted by molar-refractivity contribution is 8.01. The van der Waals surface area contributed by atoms with Gasteiger partial charge in [0.1, 0.15) is 23.5 Å². The molecule has 4 rings (SSSR count). The molecule has 3 N–H and O–H groups in total.